The largest absolute Gasteiger partial charge is 0.447 e. The third kappa shape index (κ3) is 4.71. The van der Waals surface area contributed by atoms with Gasteiger partial charge in [-0.2, -0.15) is 4.98 Å². The van der Waals surface area contributed by atoms with Gasteiger partial charge in [0.1, 0.15) is 5.75 Å². The second-order valence-corrected chi connectivity index (χ2v) is 8.94. The Kier molecular flexibility index (Phi) is 7.33. The second-order valence-electron chi connectivity index (χ2n) is 7.30. The van der Waals surface area contributed by atoms with Crippen LogP contribution in [0.15, 0.2) is 47.6 Å². The number of halogens is 1. The fourth-order valence-electron chi connectivity index (χ4n) is 3.51. The monoisotopic (exact) mass is 498 g/mol. The zero-order chi connectivity index (χ0) is 24.2. The van der Waals surface area contributed by atoms with Crippen LogP contribution in [-0.2, 0) is 9.59 Å². The van der Waals surface area contributed by atoms with Gasteiger partial charge in [0.05, 0.1) is 10.7 Å². The molecule has 0 saturated carbocycles. The number of carbonyl (C=O) groups is 2. The van der Waals surface area contributed by atoms with Crippen LogP contribution in [0.5, 0.6) is 11.6 Å². The summed E-state index contributed by atoms with van der Waals surface area (Å²) in [7, 11) is 0. The lowest BCUT2D eigenvalue weighted by molar-refractivity contribution is -0.134. The van der Waals surface area contributed by atoms with E-state index in [4.69, 9.17) is 21.1 Å². The molecule has 1 aliphatic rings. The van der Waals surface area contributed by atoms with Gasteiger partial charge in [-0.3, -0.25) is 14.5 Å². The normalized spacial score (nSPS) is 14.5. The van der Waals surface area contributed by atoms with Gasteiger partial charge in [0.2, 0.25) is 23.2 Å². The van der Waals surface area contributed by atoms with E-state index < -0.39 is 12.2 Å². The fraction of sp³-hybridized carbons (Fsp3) is 0.292. The maximum atomic E-state index is 13.2. The number of thioether (sulfide) groups is 1. The molecule has 0 spiro atoms. The molecular formula is C24H23ClN4O4S. The van der Waals surface area contributed by atoms with Gasteiger partial charge >= 0.3 is 5.97 Å². The molecule has 2 aromatic carbocycles. The maximum absolute atomic E-state index is 13.2. The number of amides is 1. The van der Waals surface area contributed by atoms with Crippen molar-refractivity contribution < 1.29 is 19.1 Å². The number of fused-ring (bicyclic) bond motifs is 3. The number of aromatic nitrogens is 3. The SMILES string of the molecule is CCSc1nnc2c(n1)OC(c1ccc(OC(=O)CC)c(Cl)c1)N(C(=O)CC)c1ccccc1-2. The lowest BCUT2D eigenvalue weighted by atomic mass is 10.1. The molecule has 1 aliphatic heterocycles. The Labute approximate surface area is 206 Å². The van der Waals surface area contributed by atoms with Crippen LogP contribution in [0.3, 0.4) is 0 Å². The van der Waals surface area contributed by atoms with Gasteiger partial charge in [-0.1, -0.05) is 62.3 Å². The molecule has 1 aromatic heterocycles. The topological polar surface area (TPSA) is 94.5 Å². The van der Waals surface area contributed by atoms with Crippen LogP contribution in [-0.4, -0.2) is 32.8 Å². The van der Waals surface area contributed by atoms with Crippen LogP contribution in [0, 0.1) is 0 Å². The van der Waals surface area contributed by atoms with Crippen molar-refractivity contribution in [1.82, 2.24) is 15.2 Å². The summed E-state index contributed by atoms with van der Waals surface area (Å²) in [6.45, 7) is 5.48. The molecule has 0 N–H and O–H groups in total. The fourth-order valence-corrected chi connectivity index (χ4v) is 4.24. The molecule has 0 saturated heterocycles. The molecule has 0 fully saturated rings. The molecule has 2 heterocycles. The standard InChI is InChI=1S/C24H23ClN4O4S/c1-4-19(30)29-17-10-8-7-9-15(17)21-22(26-24(28-27-21)34-6-3)33-23(29)14-11-12-18(16(25)13-14)32-20(31)5-2/h7-13,23H,4-6H2,1-3H3. The van der Waals surface area contributed by atoms with Crippen molar-refractivity contribution in [3.8, 4) is 22.9 Å². The van der Waals surface area contributed by atoms with E-state index in [1.165, 1.54) is 11.8 Å². The van der Waals surface area contributed by atoms with Gasteiger partial charge < -0.3 is 9.47 Å². The number of anilines is 1. The first-order valence-electron chi connectivity index (χ1n) is 10.9. The number of benzene rings is 2. The molecule has 0 bridgehead atoms. The minimum Gasteiger partial charge on any atom is -0.447 e. The molecule has 3 aromatic rings. The highest BCUT2D eigenvalue weighted by molar-refractivity contribution is 7.99. The van der Waals surface area contributed by atoms with Crippen molar-refractivity contribution in [3.63, 3.8) is 0 Å². The Balaban J connectivity index is 1.87. The Morgan fingerprint density at radius 1 is 1.12 bits per heavy atom. The predicted molar refractivity (Wildman–Crippen MR) is 130 cm³/mol. The van der Waals surface area contributed by atoms with Crippen molar-refractivity contribution in [2.45, 2.75) is 45.0 Å². The summed E-state index contributed by atoms with van der Waals surface area (Å²) in [6.07, 6.45) is -0.402. The highest BCUT2D eigenvalue weighted by Gasteiger charge is 2.35. The van der Waals surface area contributed by atoms with Gasteiger partial charge in [0, 0.05) is 24.0 Å². The average Bonchev–Trinajstić information content (AvgIpc) is 2.99. The van der Waals surface area contributed by atoms with Crippen molar-refractivity contribution in [3.05, 3.63) is 53.1 Å². The number of rotatable bonds is 6. The zero-order valence-electron chi connectivity index (χ0n) is 18.9. The molecule has 176 valence electrons. The quantitative estimate of drug-likeness (QED) is 0.251. The number of para-hydroxylation sites is 1. The van der Waals surface area contributed by atoms with E-state index >= 15 is 0 Å². The third-order valence-corrected chi connectivity index (χ3v) is 6.13. The Bertz CT molecular complexity index is 1240. The van der Waals surface area contributed by atoms with E-state index in [1.807, 2.05) is 31.2 Å². The van der Waals surface area contributed by atoms with Crippen LogP contribution < -0.4 is 14.4 Å². The van der Waals surface area contributed by atoms with Crippen molar-refractivity contribution in [2.24, 2.45) is 0 Å². The zero-order valence-corrected chi connectivity index (χ0v) is 20.5. The Morgan fingerprint density at radius 2 is 1.91 bits per heavy atom. The summed E-state index contributed by atoms with van der Waals surface area (Å²) in [5.74, 6) is 0.737. The third-order valence-electron chi connectivity index (χ3n) is 5.11. The van der Waals surface area contributed by atoms with E-state index in [1.54, 1.807) is 36.9 Å². The van der Waals surface area contributed by atoms with Gasteiger partial charge in [-0.15, -0.1) is 10.2 Å². The highest BCUT2D eigenvalue weighted by Crippen LogP contribution is 2.44. The minimum atomic E-state index is -0.876. The summed E-state index contributed by atoms with van der Waals surface area (Å²) in [6, 6.07) is 12.3. The number of ether oxygens (including phenoxy) is 2. The molecule has 1 atom stereocenters. The van der Waals surface area contributed by atoms with Crippen LogP contribution in [0.2, 0.25) is 5.02 Å². The smallest absolute Gasteiger partial charge is 0.310 e. The maximum Gasteiger partial charge on any atom is 0.310 e. The number of esters is 1. The summed E-state index contributed by atoms with van der Waals surface area (Å²) < 4.78 is 11.6. The molecular weight excluding hydrogens is 476 g/mol. The first-order valence-corrected chi connectivity index (χ1v) is 12.3. The molecule has 10 heteroatoms. The van der Waals surface area contributed by atoms with Crippen molar-refractivity contribution in [1.29, 1.82) is 0 Å². The summed E-state index contributed by atoms with van der Waals surface area (Å²) in [4.78, 5) is 31.1. The van der Waals surface area contributed by atoms with Crippen molar-refractivity contribution in [2.75, 3.05) is 10.7 Å². The first-order chi connectivity index (χ1) is 16.5. The number of nitrogens with zero attached hydrogens (tertiary/aromatic N) is 4. The van der Waals surface area contributed by atoms with E-state index in [0.29, 0.717) is 27.7 Å². The van der Waals surface area contributed by atoms with Crippen LogP contribution >= 0.6 is 23.4 Å². The molecule has 1 unspecified atom stereocenters. The summed E-state index contributed by atoms with van der Waals surface area (Å²) in [5, 5.41) is 9.31. The van der Waals surface area contributed by atoms with E-state index in [-0.39, 0.29) is 35.4 Å². The van der Waals surface area contributed by atoms with Gasteiger partial charge in [-0.05, 0) is 30.0 Å². The van der Waals surface area contributed by atoms with Crippen LogP contribution in [0.25, 0.3) is 11.3 Å². The highest BCUT2D eigenvalue weighted by atomic mass is 35.5. The molecule has 4 rings (SSSR count). The van der Waals surface area contributed by atoms with Gasteiger partial charge in [-0.25, -0.2) is 0 Å². The van der Waals surface area contributed by atoms with E-state index in [0.717, 1.165) is 5.75 Å². The molecule has 8 nitrogen and oxygen atoms in total. The Morgan fingerprint density at radius 3 is 2.62 bits per heavy atom. The van der Waals surface area contributed by atoms with Crippen LogP contribution in [0.4, 0.5) is 5.69 Å². The number of hydrogen-bond acceptors (Lipinski definition) is 8. The van der Waals surface area contributed by atoms with Gasteiger partial charge in [0.25, 0.3) is 0 Å². The number of carbonyl (C=O) groups excluding carboxylic acids is 2. The minimum absolute atomic E-state index is 0.154. The van der Waals surface area contributed by atoms with Gasteiger partial charge in [0.15, 0.2) is 5.69 Å². The van der Waals surface area contributed by atoms with E-state index in [2.05, 4.69) is 15.2 Å². The molecule has 0 aliphatic carbocycles. The summed E-state index contributed by atoms with van der Waals surface area (Å²) >= 11 is 7.88. The molecule has 0 radical (unpaired) electrons. The Hall–Kier alpha value is -3.17. The lowest BCUT2D eigenvalue weighted by Gasteiger charge is -2.30. The molecule has 34 heavy (non-hydrogen) atoms. The lowest BCUT2D eigenvalue weighted by Crippen LogP contribution is -2.37. The van der Waals surface area contributed by atoms with Crippen molar-refractivity contribution >= 4 is 40.9 Å². The summed E-state index contributed by atoms with van der Waals surface area (Å²) in [5.41, 5.74) is 2.36. The average molecular weight is 499 g/mol. The first kappa shape index (κ1) is 24.0. The predicted octanol–water partition coefficient (Wildman–Crippen LogP) is 5.45. The van der Waals surface area contributed by atoms with Crippen LogP contribution in [0.1, 0.15) is 45.4 Å². The second kappa shape index (κ2) is 10.4. The van der Waals surface area contributed by atoms with E-state index in [9.17, 15) is 9.59 Å². The number of hydrogen-bond donors (Lipinski definition) is 0. The molecule has 1 amide bonds.